The normalized spacial score (nSPS) is 17.0. The number of aliphatic carboxylic acids is 1. The van der Waals surface area contributed by atoms with Crippen LogP contribution in [0.25, 0.3) is 10.9 Å². The second kappa shape index (κ2) is 10.7. The van der Waals surface area contributed by atoms with E-state index in [4.69, 9.17) is 27.2 Å². The molecule has 2 atom stereocenters. The van der Waals surface area contributed by atoms with Crippen LogP contribution in [0.5, 0.6) is 0 Å². The number of fused-ring (bicyclic) bond motifs is 1. The van der Waals surface area contributed by atoms with Crippen LogP contribution in [-0.4, -0.2) is 57.4 Å². The summed E-state index contributed by atoms with van der Waals surface area (Å²) in [4.78, 5) is 23.6. The minimum atomic E-state index is -5.08. The highest BCUT2D eigenvalue weighted by molar-refractivity contribution is 6.30. The summed E-state index contributed by atoms with van der Waals surface area (Å²) >= 11 is 6.03. The van der Waals surface area contributed by atoms with Crippen molar-refractivity contribution in [2.75, 3.05) is 18.4 Å². The van der Waals surface area contributed by atoms with Crippen LogP contribution in [0.4, 0.5) is 18.9 Å². The van der Waals surface area contributed by atoms with E-state index in [1.165, 1.54) is 0 Å². The molecular weight excluding hydrogens is 475 g/mol. The first-order chi connectivity index (χ1) is 16.0. The van der Waals surface area contributed by atoms with Crippen LogP contribution < -0.4 is 11.1 Å². The third kappa shape index (κ3) is 6.61. The lowest BCUT2D eigenvalue weighted by atomic mass is 10.0. The minimum Gasteiger partial charge on any atom is -0.475 e. The van der Waals surface area contributed by atoms with Crippen LogP contribution in [0.3, 0.4) is 0 Å². The number of likely N-dealkylation sites (tertiary alicyclic amines) is 1. The predicted molar refractivity (Wildman–Crippen MR) is 121 cm³/mol. The zero-order valence-electron chi connectivity index (χ0n) is 17.8. The Bertz CT molecular complexity index is 1150. The molecule has 1 saturated heterocycles. The topological polar surface area (TPSA) is 124 Å². The first kappa shape index (κ1) is 25.3. The van der Waals surface area contributed by atoms with Crippen LogP contribution in [0.1, 0.15) is 24.4 Å². The molecule has 1 aliphatic rings. The van der Waals surface area contributed by atoms with Crippen LogP contribution in [0.2, 0.25) is 5.02 Å². The maximum atomic E-state index is 12.9. The molecular formula is C22H23ClF3N5O3. The van der Waals surface area contributed by atoms with E-state index >= 15 is 0 Å². The van der Waals surface area contributed by atoms with Gasteiger partial charge in [-0.25, -0.2) is 4.79 Å². The van der Waals surface area contributed by atoms with Crippen molar-refractivity contribution < 1.29 is 27.9 Å². The zero-order valence-corrected chi connectivity index (χ0v) is 18.6. The highest BCUT2D eigenvalue weighted by atomic mass is 35.5. The Balaban J connectivity index is 0.000000406. The summed E-state index contributed by atoms with van der Waals surface area (Å²) in [6, 6.07) is 12.8. The molecule has 5 N–H and O–H groups in total. The molecule has 0 radical (unpaired) electrons. The average Bonchev–Trinajstić information content (AvgIpc) is 3.26. The smallest absolute Gasteiger partial charge is 0.475 e. The number of H-pyrrole nitrogens is 1. The van der Waals surface area contributed by atoms with Crippen molar-refractivity contribution in [2.45, 2.75) is 31.1 Å². The number of hydrogen-bond acceptors (Lipinski definition) is 5. The lowest BCUT2D eigenvalue weighted by molar-refractivity contribution is -0.192. The molecule has 0 spiro atoms. The van der Waals surface area contributed by atoms with Gasteiger partial charge in [0, 0.05) is 35.2 Å². The third-order valence-corrected chi connectivity index (χ3v) is 5.50. The molecule has 2 heterocycles. The summed E-state index contributed by atoms with van der Waals surface area (Å²) in [5, 5.41) is 19.3. The second-order valence-electron chi connectivity index (χ2n) is 7.78. The fourth-order valence-electron chi connectivity index (χ4n) is 3.60. The Kier molecular flexibility index (Phi) is 8.00. The van der Waals surface area contributed by atoms with Crippen LogP contribution in [0, 0.1) is 0 Å². The first-order valence-corrected chi connectivity index (χ1v) is 10.7. The summed E-state index contributed by atoms with van der Waals surface area (Å²) in [6.07, 6.45) is -1.32. The van der Waals surface area contributed by atoms with Gasteiger partial charge in [-0.05, 0) is 48.7 Å². The number of benzene rings is 2. The number of aromatic nitrogens is 2. The van der Waals surface area contributed by atoms with E-state index < -0.39 is 18.2 Å². The number of nitrogens with two attached hydrogens (primary N) is 1. The maximum absolute atomic E-state index is 12.9. The molecule has 1 amide bonds. The number of nitrogens with zero attached hydrogens (tertiary/aromatic N) is 2. The summed E-state index contributed by atoms with van der Waals surface area (Å²) in [7, 11) is 0. The Hall–Kier alpha value is -3.31. The number of aromatic amines is 1. The molecule has 8 nitrogen and oxygen atoms in total. The van der Waals surface area contributed by atoms with Gasteiger partial charge in [0.1, 0.15) is 6.04 Å². The van der Waals surface area contributed by atoms with Gasteiger partial charge in [-0.2, -0.15) is 18.3 Å². The molecule has 0 saturated carbocycles. The molecule has 4 rings (SSSR count). The van der Waals surface area contributed by atoms with Gasteiger partial charge < -0.3 is 21.1 Å². The van der Waals surface area contributed by atoms with Crippen LogP contribution >= 0.6 is 11.6 Å². The molecule has 0 bridgehead atoms. The monoisotopic (exact) mass is 497 g/mol. The molecule has 2 aromatic carbocycles. The number of rotatable bonds is 4. The highest BCUT2D eigenvalue weighted by Crippen LogP contribution is 2.23. The summed E-state index contributed by atoms with van der Waals surface area (Å²) < 4.78 is 31.7. The third-order valence-electron chi connectivity index (χ3n) is 5.26. The van der Waals surface area contributed by atoms with Crippen LogP contribution in [-0.2, 0) is 9.59 Å². The van der Waals surface area contributed by atoms with E-state index in [1.807, 2.05) is 29.2 Å². The molecule has 1 aliphatic heterocycles. The number of nitrogens with one attached hydrogen (secondary N) is 2. The Morgan fingerprint density at radius 3 is 2.68 bits per heavy atom. The maximum Gasteiger partial charge on any atom is 0.490 e. The van der Waals surface area contributed by atoms with Crippen molar-refractivity contribution in [3.63, 3.8) is 0 Å². The summed E-state index contributed by atoms with van der Waals surface area (Å²) in [5.74, 6) is -2.82. The SMILES string of the molecule is NC(C(=O)N1CCCC(Nc2ccc3[nH]ncc3c2)C1)c1cccc(Cl)c1.O=C(O)C(F)(F)F. The standard InChI is InChI=1S/C20H22ClN5O.C2HF3O2/c21-15-4-1-3-13(9-15)19(22)20(27)26-8-2-5-17(12-26)24-16-6-7-18-14(10-16)11-23-25-18;3-2(4,5)1(6)7/h1,3-4,6-7,9-11,17,19,24H,2,5,8,12,22H2,(H,23,25);(H,6,7). The van der Waals surface area contributed by atoms with Gasteiger partial charge in [0.15, 0.2) is 0 Å². The number of hydrogen-bond donors (Lipinski definition) is 4. The van der Waals surface area contributed by atoms with Gasteiger partial charge in [0.2, 0.25) is 5.91 Å². The zero-order chi connectivity index (χ0) is 24.9. The van der Waals surface area contributed by atoms with Crippen molar-refractivity contribution in [3.8, 4) is 0 Å². The number of amides is 1. The predicted octanol–water partition coefficient (Wildman–Crippen LogP) is 3.95. The van der Waals surface area contributed by atoms with E-state index in [1.54, 1.807) is 18.3 Å². The number of piperidine rings is 1. The van der Waals surface area contributed by atoms with Crippen molar-refractivity contribution >= 4 is 40.1 Å². The number of carbonyl (C=O) groups excluding carboxylic acids is 1. The van der Waals surface area contributed by atoms with Gasteiger partial charge in [0.25, 0.3) is 0 Å². The Morgan fingerprint density at radius 1 is 1.26 bits per heavy atom. The number of alkyl halides is 3. The fraction of sp³-hybridized carbons (Fsp3) is 0.318. The highest BCUT2D eigenvalue weighted by Gasteiger charge is 2.38. The summed E-state index contributed by atoms with van der Waals surface area (Å²) in [5.41, 5.74) is 8.99. The van der Waals surface area contributed by atoms with Crippen molar-refractivity contribution in [1.29, 1.82) is 0 Å². The number of carboxylic acid groups (broad SMARTS) is 1. The molecule has 3 aromatic rings. The molecule has 12 heteroatoms. The van der Waals surface area contributed by atoms with Crippen LogP contribution in [0.15, 0.2) is 48.7 Å². The Labute approximate surface area is 197 Å². The van der Waals surface area contributed by atoms with Gasteiger partial charge >= 0.3 is 12.1 Å². The van der Waals surface area contributed by atoms with E-state index in [0.29, 0.717) is 11.6 Å². The largest absolute Gasteiger partial charge is 0.490 e. The molecule has 0 aliphatic carbocycles. The quantitative estimate of drug-likeness (QED) is 0.432. The lowest BCUT2D eigenvalue weighted by Gasteiger charge is -2.35. The van der Waals surface area contributed by atoms with Gasteiger partial charge in [-0.1, -0.05) is 23.7 Å². The van der Waals surface area contributed by atoms with Crippen molar-refractivity contribution in [2.24, 2.45) is 5.73 Å². The molecule has 182 valence electrons. The lowest BCUT2D eigenvalue weighted by Crippen LogP contribution is -2.48. The number of carboxylic acids is 1. The van der Waals surface area contributed by atoms with E-state index in [-0.39, 0.29) is 11.9 Å². The minimum absolute atomic E-state index is 0.0611. The van der Waals surface area contributed by atoms with Gasteiger partial charge in [-0.3, -0.25) is 9.89 Å². The summed E-state index contributed by atoms with van der Waals surface area (Å²) in [6.45, 7) is 1.36. The number of anilines is 1. The molecule has 1 aromatic heterocycles. The number of carbonyl (C=O) groups is 2. The van der Waals surface area contributed by atoms with Gasteiger partial charge in [-0.15, -0.1) is 0 Å². The van der Waals surface area contributed by atoms with Gasteiger partial charge in [0.05, 0.1) is 11.7 Å². The average molecular weight is 498 g/mol. The molecule has 34 heavy (non-hydrogen) atoms. The van der Waals surface area contributed by atoms with E-state index in [2.05, 4.69) is 21.6 Å². The van der Waals surface area contributed by atoms with Crippen molar-refractivity contribution in [3.05, 3.63) is 59.2 Å². The number of halogens is 4. The molecule has 2 unspecified atom stereocenters. The molecule has 1 fully saturated rings. The van der Waals surface area contributed by atoms with Crippen molar-refractivity contribution in [1.82, 2.24) is 15.1 Å². The first-order valence-electron chi connectivity index (χ1n) is 10.3. The second-order valence-corrected chi connectivity index (χ2v) is 8.21. The van der Waals surface area contributed by atoms with E-state index in [0.717, 1.165) is 41.5 Å². The Morgan fingerprint density at radius 2 is 2.00 bits per heavy atom. The van der Waals surface area contributed by atoms with E-state index in [9.17, 15) is 18.0 Å². The fourth-order valence-corrected chi connectivity index (χ4v) is 3.80.